The lowest BCUT2D eigenvalue weighted by Crippen LogP contribution is -2.34. The maximum atomic E-state index is 12.8. The van der Waals surface area contributed by atoms with Crippen LogP contribution in [0, 0.1) is 5.95 Å². The number of carbonyl (C=O) groups excluding carboxylic acids is 1. The minimum Gasteiger partial charge on any atom is -0.349 e. The van der Waals surface area contributed by atoms with Gasteiger partial charge in [0.1, 0.15) is 0 Å². The van der Waals surface area contributed by atoms with Crippen LogP contribution < -0.4 is 5.32 Å². The first-order chi connectivity index (χ1) is 7.67. The van der Waals surface area contributed by atoms with Crippen molar-refractivity contribution in [2.24, 2.45) is 0 Å². The van der Waals surface area contributed by atoms with Crippen molar-refractivity contribution in [2.75, 3.05) is 0 Å². The number of pyridine rings is 1. The molecular formula is C12H17FN2O. The van der Waals surface area contributed by atoms with Crippen LogP contribution >= 0.6 is 0 Å². The van der Waals surface area contributed by atoms with Crippen molar-refractivity contribution in [3.05, 3.63) is 29.8 Å². The molecule has 0 saturated heterocycles. The summed E-state index contributed by atoms with van der Waals surface area (Å²) < 4.78 is 12.8. The largest absolute Gasteiger partial charge is 0.349 e. The predicted molar refractivity (Wildman–Crippen MR) is 60.6 cm³/mol. The molecule has 1 N–H and O–H groups in total. The maximum Gasteiger partial charge on any atom is 0.251 e. The third kappa shape index (κ3) is 3.61. The Morgan fingerprint density at radius 2 is 2.31 bits per heavy atom. The second kappa shape index (κ2) is 6.20. The number of hydrogen-bond acceptors (Lipinski definition) is 2. The average Bonchev–Trinajstić information content (AvgIpc) is 2.28. The van der Waals surface area contributed by atoms with Crippen molar-refractivity contribution < 1.29 is 9.18 Å². The fourth-order valence-electron chi connectivity index (χ4n) is 1.54. The van der Waals surface area contributed by atoms with E-state index in [9.17, 15) is 9.18 Å². The monoisotopic (exact) mass is 224 g/mol. The Hall–Kier alpha value is -1.45. The molecule has 0 aliphatic carbocycles. The van der Waals surface area contributed by atoms with Gasteiger partial charge in [-0.05, 0) is 18.9 Å². The van der Waals surface area contributed by atoms with E-state index < -0.39 is 5.95 Å². The fraction of sp³-hybridized carbons (Fsp3) is 0.500. The number of hydrogen-bond donors (Lipinski definition) is 1. The van der Waals surface area contributed by atoms with Gasteiger partial charge >= 0.3 is 0 Å². The molecule has 1 aromatic heterocycles. The molecule has 16 heavy (non-hydrogen) atoms. The highest BCUT2D eigenvalue weighted by Crippen LogP contribution is 2.05. The van der Waals surface area contributed by atoms with Gasteiger partial charge in [0.05, 0.1) is 0 Å². The molecule has 0 aliphatic heterocycles. The van der Waals surface area contributed by atoms with E-state index in [1.807, 2.05) is 6.92 Å². The van der Waals surface area contributed by atoms with Crippen molar-refractivity contribution in [3.8, 4) is 0 Å². The Kier molecular flexibility index (Phi) is 4.89. The van der Waals surface area contributed by atoms with E-state index in [0.717, 1.165) is 25.3 Å². The molecular weight excluding hydrogens is 207 g/mol. The maximum absolute atomic E-state index is 12.8. The van der Waals surface area contributed by atoms with Gasteiger partial charge in [-0.1, -0.05) is 20.3 Å². The first kappa shape index (κ1) is 12.6. The third-order valence-corrected chi connectivity index (χ3v) is 2.45. The molecule has 1 aromatic rings. The standard InChI is InChI=1S/C12H17FN2O/c1-3-5-10(4-2)15-12(16)9-6-7-14-11(13)8-9/h6-8,10H,3-5H2,1-2H3,(H,15,16). The molecule has 1 heterocycles. The number of nitrogens with one attached hydrogen (secondary N) is 1. The van der Waals surface area contributed by atoms with E-state index in [0.29, 0.717) is 5.56 Å². The van der Waals surface area contributed by atoms with Gasteiger partial charge in [0.15, 0.2) is 0 Å². The van der Waals surface area contributed by atoms with Crippen LogP contribution in [0.5, 0.6) is 0 Å². The van der Waals surface area contributed by atoms with Crippen LogP contribution in [-0.4, -0.2) is 16.9 Å². The molecule has 3 nitrogen and oxygen atoms in total. The van der Waals surface area contributed by atoms with Crippen molar-refractivity contribution in [1.82, 2.24) is 10.3 Å². The smallest absolute Gasteiger partial charge is 0.251 e. The number of carbonyl (C=O) groups is 1. The van der Waals surface area contributed by atoms with Crippen LogP contribution in [0.4, 0.5) is 4.39 Å². The van der Waals surface area contributed by atoms with Crippen LogP contribution in [0.2, 0.25) is 0 Å². The second-order valence-electron chi connectivity index (χ2n) is 3.73. The van der Waals surface area contributed by atoms with Gasteiger partial charge in [-0.2, -0.15) is 4.39 Å². The van der Waals surface area contributed by atoms with Crippen molar-refractivity contribution in [3.63, 3.8) is 0 Å². The van der Waals surface area contributed by atoms with E-state index in [4.69, 9.17) is 0 Å². The highest BCUT2D eigenvalue weighted by molar-refractivity contribution is 5.94. The molecule has 1 unspecified atom stereocenters. The summed E-state index contributed by atoms with van der Waals surface area (Å²) in [5.41, 5.74) is 0.321. The normalized spacial score (nSPS) is 12.2. The number of rotatable bonds is 5. The topological polar surface area (TPSA) is 42.0 Å². The summed E-state index contributed by atoms with van der Waals surface area (Å²) >= 11 is 0. The fourth-order valence-corrected chi connectivity index (χ4v) is 1.54. The van der Waals surface area contributed by atoms with Crippen LogP contribution in [0.15, 0.2) is 18.3 Å². The summed E-state index contributed by atoms with van der Waals surface area (Å²) in [7, 11) is 0. The van der Waals surface area contributed by atoms with Crippen molar-refractivity contribution in [1.29, 1.82) is 0 Å². The Balaban J connectivity index is 2.64. The van der Waals surface area contributed by atoms with E-state index >= 15 is 0 Å². The van der Waals surface area contributed by atoms with Gasteiger partial charge in [0, 0.05) is 23.9 Å². The lowest BCUT2D eigenvalue weighted by atomic mass is 10.1. The zero-order valence-electron chi connectivity index (χ0n) is 9.66. The number of halogens is 1. The van der Waals surface area contributed by atoms with E-state index in [1.165, 1.54) is 12.3 Å². The molecule has 88 valence electrons. The van der Waals surface area contributed by atoms with Crippen LogP contribution in [-0.2, 0) is 0 Å². The molecule has 0 aliphatic rings. The van der Waals surface area contributed by atoms with Crippen LogP contribution in [0.1, 0.15) is 43.5 Å². The van der Waals surface area contributed by atoms with Gasteiger partial charge in [-0.15, -0.1) is 0 Å². The Morgan fingerprint density at radius 1 is 1.56 bits per heavy atom. The van der Waals surface area contributed by atoms with Gasteiger partial charge in [0.25, 0.3) is 5.91 Å². The minimum absolute atomic E-state index is 0.161. The Labute approximate surface area is 95.1 Å². The molecule has 1 amide bonds. The number of aromatic nitrogens is 1. The molecule has 1 atom stereocenters. The zero-order chi connectivity index (χ0) is 12.0. The van der Waals surface area contributed by atoms with Gasteiger partial charge < -0.3 is 5.32 Å². The highest BCUT2D eigenvalue weighted by Gasteiger charge is 2.11. The van der Waals surface area contributed by atoms with Crippen molar-refractivity contribution >= 4 is 5.91 Å². The molecule has 0 bridgehead atoms. The average molecular weight is 224 g/mol. The van der Waals surface area contributed by atoms with E-state index in [1.54, 1.807) is 0 Å². The summed E-state index contributed by atoms with van der Waals surface area (Å²) in [6, 6.07) is 2.82. The lowest BCUT2D eigenvalue weighted by molar-refractivity contribution is 0.0933. The highest BCUT2D eigenvalue weighted by atomic mass is 19.1. The molecule has 1 rings (SSSR count). The lowest BCUT2D eigenvalue weighted by Gasteiger charge is -2.15. The summed E-state index contributed by atoms with van der Waals surface area (Å²) in [4.78, 5) is 15.1. The Morgan fingerprint density at radius 3 is 2.88 bits per heavy atom. The summed E-state index contributed by atoms with van der Waals surface area (Å²) in [6.07, 6.45) is 4.14. The van der Waals surface area contributed by atoms with Crippen LogP contribution in [0.3, 0.4) is 0 Å². The van der Waals surface area contributed by atoms with Gasteiger partial charge in [-0.25, -0.2) is 4.98 Å². The minimum atomic E-state index is -0.629. The molecule has 0 spiro atoms. The molecule has 0 saturated carbocycles. The van der Waals surface area contributed by atoms with Crippen molar-refractivity contribution in [2.45, 2.75) is 39.2 Å². The third-order valence-electron chi connectivity index (χ3n) is 2.45. The Bertz CT molecular complexity index is 355. The summed E-state index contributed by atoms with van der Waals surface area (Å²) in [6.45, 7) is 4.09. The first-order valence-electron chi connectivity index (χ1n) is 5.59. The summed E-state index contributed by atoms with van der Waals surface area (Å²) in [5, 5.41) is 2.88. The molecule has 0 radical (unpaired) electrons. The molecule has 0 aromatic carbocycles. The number of nitrogens with zero attached hydrogens (tertiary/aromatic N) is 1. The quantitative estimate of drug-likeness (QED) is 0.781. The van der Waals surface area contributed by atoms with E-state index in [-0.39, 0.29) is 11.9 Å². The van der Waals surface area contributed by atoms with Gasteiger partial charge in [0.2, 0.25) is 5.95 Å². The molecule has 4 heteroatoms. The first-order valence-corrected chi connectivity index (χ1v) is 5.59. The predicted octanol–water partition coefficient (Wildman–Crippen LogP) is 2.53. The molecule has 0 fully saturated rings. The van der Waals surface area contributed by atoms with Crippen LogP contribution in [0.25, 0.3) is 0 Å². The second-order valence-corrected chi connectivity index (χ2v) is 3.73. The van der Waals surface area contributed by atoms with Gasteiger partial charge in [-0.3, -0.25) is 4.79 Å². The van der Waals surface area contributed by atoms with E-state index in [2.05, 4.69) is 17.2 Å². The zero-order valence-corrected chi connectivity index (χ0v) is 9.66. The number of amides is 1. The SMILES string of the molecule is CCCC(CC)NC(=O)c1ccnc(F)c1. The summed E-state index contributed by atoms with van der Waals surface area (Å²) in [5.74, 6) is -0.863.